The van der Waals surface area contributed by atoms with Crippen molar-refractivity contribution in [2.45, 2.75) is 31.4 Å². The van der Waals surface area contributed by atoms with Crippen molar-refractivity contribution in [2.24, 2.45) is 5.84 Å². The van der Waals surface area contributed by atoms with Gasteiger partial charge in [0, 0.05) is 6.42 Å². The molecule has 0 fully saturated rings. The summed E-state index contributed by atoms with van der Waals surface area (Å²) >= 11 is 0. The molecule has 96 valence electrons. The standard InChI is InChI=1S/C14H18N2O2/c15-16-14(11-5-3-7-17-9-11)13-8-10-4-1-2-6-12(10)18-13/h1-2,4,6,9,13-14,16H,3,5,7-8,15H2. The van der Waals surface area contributed by atoms with Crippen LogP contribution in [0.15, 0.2) is 36.1 Å². The minimum absolute atomic E-state index is 0.0256. The number of hydrazine groups is 1. The molecule has 0 saturated carbocycles. The fourth-order valence-corrected chi connectivity index (χ4v) is 2.66. The summed E-state index contributed by atoms with van der Waals surface area (Å²) in [5.74, 6) is 6.66. The molecule has 1 aromatic carbocycles. The topological polar surface area (TPSA) is 56.5 Å². The molecule has 2 aliphatic heterocycles. The van der Waals surface area contributed by atoms with E-state index in [1.54, 1.807) is 0 Å². The van der Waals surface area contributed by atoms with E-state index in [2.05, 4.69) is 11.5 Å². The zero-order chi connectivity index (χ0) is 12.4. The summed E-state index contributed by atoms with van der Waals surface area (Å²) < 4.78 is 11.4. The minimum atomic E-state index is 0.0256. The Bertz CT molecular complexity index is 434. The summed E-state index contributed by atoms with van der Waals surface area (Å²) in [6.07, 6.45) is 4.85. The normalized spacial score (nSPS) is 23.6. The first-order chi connectivity index (χ1) is 8.88. The molecule has 0 aliphatic carbocycles. The Morgan fingerprint density at radius 3 is 2.94 bits per heavy atom. The van der Waals surface area contributed by atoms with Gasteiger partial charge in [-0.15, -0.1) is 0 Å². The number of fused-ring (bicyclic) bond motifs is 1. The first-order valence-electron chi connectivity index (χ1n) is 6.39. The molecule has 0 aromatic heterocycles. The second kappa shape index (κ2) is 5.00. The van der Waals surface area contributed by atoms with Gasteiger partial charge in [-0.25, -0.2) is 5.43 Å². The van der Waals surface area contributed by atoms with Gasteiger partial charge >= 0.3 is 0 Å². The highest BCUT2D eigenvalue weighted by Crippen LogP contribution is 2.32. The molecule has 4 heteroatoms. The van der Waals surface area contributed by atoms with E-state index < -0.39 is 0 Å². The summed E-state index contributed by atoms with van der Waals surface area (Å²) in [5.41, 5.74) is 5.32. The molecule has 18 heavy (non-hydrogen) atoms. The molecular weight excluding hydrogens is 228 g/mol. The Labute approximate surface area is 107 Å². The third-order valence-electron chi connectivity index (χ3n) is 3.59. The van der Waals surface area contributed by atoms with Crippen LogP contribution in [0.2, 0.25) is 0 Å². The van der Waals surface area contributed by atoms with Crippen LogP contribution in [0.3, 0.4) is 0 Å². The van der Waals surface area contributed by atoms with Crippen molar-refractivity contribution in [3.63, 3.8) is 0 Å². The van der Waals surface area contributed by atoms with E-state index >= 15 is 0 Å². The minimum Gasteiger partial charge on any atom is -0.501 e. The number of ether oxygens (including phenoxy) is 2. The molecule has 2 heterocycles. The van der Waals surface area contributed by atoms with E-state index in [0.717, 1.165) is 31.6 Å². The Balaban J connectivity index is 1.77. The third kappa shape index (κ3) is 2.09. The van der Waals surface area contributed by atoms with Gasteiger partial charge in [0.15, 0.2) is 0 Å². The maximum atomic E-state index is 5.97. The number of benzene rings is 1. The van der Waals surface area contributed by atoms with Crippen molar-refractivity contribution >= 4 is 0 Å². The van der Waals surface area contributed by atoms with Crippen LogP contribution in [0, 0.1) is 0 Å². The van der Waals surface area contributed by atoms with Crippen LogP contribution < -0.4 is 16.0 Å². The maximum absolute atomic E-state index is 5.97. The second-order valence-electron chi connectivity index (χ2n) is 4.78. The van der Waals surface area contributed by atoms with Crippen LogP contribution >= 0.6 is 0 Å². The predicted molar refractivity (Wildman–Crippen MR) is 68.9 cm³/mol. The lowest BCUT2D eigenvalue weighted by Gasteiger charge is -2.27. The smallest absolute Gasteiger partial charge is 0.123 e. The van der Waals surface area contributed by atoms with Gasteiger partial charge in [0.2, 0.25) is 0 Å². The molecule has 3 N–H and O–H groups in total. The van der Waals surface area contributed by atoms with Crippen LogP contribution in [0.5, 0.6) is 5.75 Å². The quantitative estimate of drug-likeness (QED) is 0.627. The van der Waals surface area contributed by atoms with Crippen molar-refractivity contribution in [1.29, 1.82) is 0 Å². The van der Waals surface area contributed by atoms with Crippen molar-refractivity contribution in [3.05, 3.63) is 41.7 Å². The Kier molecular flexibility index (Phi) is 3.21. The van der Waals surface area contributed by atoms with Gasteiger partial charge in [-0.1, -0.05) is 18.2 Å². The number of nitrogens with one attached hydrogen (secondary N) is 1. The number of rotatable bonds is 3. The lowest BCUT2D eigenvalue weighted by atomic mass is 9.95. The van der Waals surface area contributed by atoms with Gasteiger partial charge in [-0.2, -0.15) is 0 Å². The predicted octanol–water partition coefficient (Wildman–Crippen LogP) is 1.52. The maximum Gasteiger partial charge on any atom is 0.123 e. The first kappa shape index (κ1) is 11.6. The molecule has 2 atom stereocenters. The average molecular weight is 246 g/mol. The largest absolute Gasteiger partial charge is 0.501 e. The van der Waals surface area contributed by atoms with Crippen LogP contribution in [0.25, 0.3) is 0 Å². The first-order valence-corrected chi connectivity index (χ1v) is 6.39. The Morgan fingerprint density at radius 1 is 1.33 bits per heavy atom. The Morgan fingerprint density at radius 2 is 2.22 bits per heavy atom. The molecule has 0 radical (unpaired) electrons. The average Bonchev–Trinajstić information content (AvgIpc) is 2.84. The lowest BCUT2D eigenvalue weighted by molar-refractivity contribution is 0.172. The SMILES string of the molecule is NNC(C1=COCCC1)C1Cc2ccccc2O1. The second-order valence-corrected chi connectivity index (χ2v) is 4.78. The van der Waals surface area contributed by atoms with E-state index in [1.165, 1.54) is 11.1 Å². The molecule has 0 spiro atoms. The number of nitrogens with two attached hydrogens (primary N) is 1. The van der Waals surface area contributed by atoms with E-state index in [9.17, 15) is 0 Å². The number of hydrogen-bond acceptors (Lipinski definition) is 4. The zero-order valence-electron chi connectivity index (χ0n) is 10.3. The third-order valence-corrected chi connectivity index (χ3v) is 3.59. The van der Waals surface area contributed by atoms with Crippen molar-refractivity contribution in [3.8, 4) is 5.75 Å². The van der Waals surface area contributed by atoms with Gasteiger partial charge in [0.1, 0.15) is 11.9 Å². The highest BCUT2D eigenvalue weighted by atomic mass is 16.5. The molecule has 2 unspecified atom stereocenters. The van der Waals surface area contributed by atoms with Crippen LogP contribution in [0.1, 0.15) is 18.4 Å². The number of hydrogen-bond donors (Lipinski definition) is 2. The summed E-state index contributed by atoms with van der Waals surface area (Å²) in [5, 5.41) is 0. The van der Waals surface area contributed by atoms with Gasteiger partial charge < -0.3 is 9.47 Å². The van der Waals surface area contributed by atoms with Crippen LogP contribution in [-0.2, 0) is 11.2 Å². The van der Waals surface area contributed by atoms with E-state index in [1.807, 2.05) is 24.5 Å². The monoisotopic (exact) mass is 246 g/mol. The highest BCUT2D eigenvalue weighted by Gasteiger charge is 2.32. The molecule has 2 aliphatic rings. The summed E-state index contributed by atoms with van der Waals surface area (Å²) in [4.78, 5) is 0. The molecule has 3 rings (SSSR count). The summed E-state index contributed by atoms with van der Waals surface area (Å²) in [7, 11) is 0. The molecule has 1 aromatic rings. The van der Waals surface area contributed by atoms with Gasteiger partial charge in [-0.3, -0.25) is 5.84 Å². The van der Waals surface area contributed by atoms with E-state index in [0.29, 0.717) is 0 Å². The Hall–Kier alpha value is -1.52. The van der Waals surface area contributed by atoms with Gasteiger partial charge in [0.05, 0.1) is 18.9 Å². The van der Waals surface area contributed by atoms with E-state index in [4.69, 9.17) is 15.3 Å². The van der Waals surface area contributed by atoms with Gasteiger partial charge in [0.25, 0.3) is 0 Å². The van der Waals surface area contributed by atoms with Crippen molar-refractivity contribution < 1.29 is 9.47 Å². The molecule has 4 nitrogen and oxygen atoms in total. The summed E-state index contributed by atoms with van der Waals surface area (Å²) in [6.45, 7) is 0.798. The van der Waals surface area contributed by atoms with E-state index in [-0.39, 0.29) is 12.1 Å². The fourth-order valence-electron chi connectivity index (χ4n) is 2.66. The fraction of sp³-hybridized carbons (Fsp3) is 0.429. The molecule has 0 bridgehead atoms. The van der Waals surface area contributed by atoms with Crippen molar-refractivity contribution in [2.75, 3.05) is 6.61 Å². The lowest BCUT2D eigenvalue weighted by Crippen LogP contribution is -2.47. The molecule has 0 saturated heterocycles. The highest BCUT2D eigenvalue weighted by molar-refractivity contribution is 5.38. The summed E-state index contributed by atoms with van der Waals surface area (Å²) in [6, 6.07) is 8.18. The molecule has 0 amide bonds. The van der Waals surface area contributed by atoms with Crippen molar-refractivity contribution in [1.82, 2.24) is 5.43 Å². The van der Waals surface area contributed by atoms with Crippen LogP contribution in [-0.4, -0.2) is 18.8 Å². The zero-order valence-corrected chi connectivity index (χ0v) is 10.3. The number of para-hydroxylation sites is 1. The van der Waals surface area contributed by atoms with Gasteiger partial charge in [-0.05, 0) is 30.0 Å². The van der Waals surface area contributed by atoms with Crippen LogP contribution in [0.4, 0.5) is 0 Å². The molecular formula is C14H18N2O2.